The molecule has 0 aliphatic heterocycles. The van der Waals surface area contributed by atoms with Crippen LogP contribution in [0.5, 0.6) is 17.2 Å². The maximum Gasteiger partial charge on any atom is 0.310 e. The number of carbonyl (C=O) groups is 2. The Morgan fingerprint density at radius 2 is 1.74 bits per heavy atom. The number of hydrogen-bond acceptors (Lipinski definition) is 6. The van der Waals surface area contributed by atoms with Crippen molar-refractivity contribution >= 4 is 28.5 Å². The van der Waals surface area contributed by atoms with E-state index < -0.39 is 18.5 Å². The molecule has 0 aliphatic carbocycles. The van der Waals surface area contributed by atoms with E-state index in [1.54, 1.807) is 42.5 Å². The molecule has 0 radical (unpaired) electrons. The molecule has 7 heteroatoms. The summed E-state index contributed by atoms with van der Waals surface area (Å²) in [6, 6.07) is 20.8. The number of hydrogen-bond donors (Lipinski definition) is 2. The van der Waals surface area contributed by atoms with Crippen molar-refractivity contribution < 1.29 is 28.6 Å². The Morgan fingerprint density at radius 1 is 0.968 bits per heavy atom. The van der Waals surface area contributed by atoms with Gasteiger partial charge in [-0.15, -0.1) is 0 Å². The first-order valence-corrected chi connectivity index (χ1v) is 9.55. The number of fused-ring (bicyclic) bond motifs is 1. The zero-order valence-electron chi connectivity index (χ0n) is 16.4. The van der Waals surface area contributed by atoms with Crippen LogP contribution in [-0.2, 0) is 20.7 Å². The maximum absolute atomic E-state index is 12.3. The van der Waals surface area contributed by atoms with Gasteiger partial charge in [0.15, 0.2) is 12.4 Å². The van der Waals surface area contributed by atoms with Crippen LogP contribution in [0.25, 0.3) is 11.0 Å². The standard InChI is InChI=1S/C24H19NO6/c26-17-10-11-19-16(14-29-22(19)13-17)12-24(28)30-15-23(27)25-20-8-4-5-9-21(20)31-18-6-2-1-3-7-18/h1-11,13-14,26H,12,15H2,(H,25,27). The average molecular weight is 417 g/mol. The number of anilines is 1. The van der Waals surface area contributed by atoms with E-state index >= 15 is 0 Å². The molecule has 0 saturated carbocycles. The quantitative estimate of drug-likeness (QED) is 0.425. The molecule has 0 unspecified atom stereocenters. The first-order valence-electron chi connectivity index (χ1n) is 9.55. The number of para-hydroxylation sites is 3. The third-order valence-electron chi connectivity index (χ3n) is 4.47. The number of aromatic hydroxyl groups is 1. The van der Waals surface area contributed by atoms with Crippen LogP contribution in [0, 0.1) is 0 Å². The van der Waals surface area contributed by atoms with Crippen LogP contribution in [0.4, 0.5) is 5.69 Å². The van der Waals surface area contributed by atoms with Crippen LogP contribution in [0.15, 0.2) is 83.5 Å². The van der Waals surface area contributed by atoms with Gasteiger partial charge in [0.05, 0.1) is 18.4 Å². The van der Waals surface area contributed by atoms with E-state index in [-0.39, 0.29) is 12.2 Å². The fourth-order valence-electron chi connectivity index (χ4n) is 3.02. The molecular weight excluding hydrogens is 398 g/mol. The van der Waals surface area contributed by atoms with Gasteiger partial charge in [-0.1, -0.05) is 30.3 Å². The van der Waals surface area contributed by atoms with Crippen LogP contribution < -0.4 is 10.1 Å². The molecule has 2 N–H and O–H groups in total. The van der Waals surface area contributed by atoms with E-state index in [1.807, 2.05) is 18.2 Å². The monoisotopic (exact) mass is 417 g/mol. The normalized spacial score (nSPS) is 10.6. The maximum atomic E-state index is 12.3. The second-order valence-electron chi connectivity index (χ2n) is 6.74. The number of amides is 1. The molecule has 4 rings (SSSR count). The van der Waals surface area contributed by atoms with Crippen molar-refractivity contribution in [3.05, 3.63) is 84.6 Å². The predicted molar refractivity (Wildman–Crippen MR) is 114 cm³/mol. The Morgan fingerprint density at radius 3 is 2.58 bits per heavy atom. The zero-order chi connectivity index (χ0) is 21.6. The molecular formula is C24H19NO6. The Bertz CT molecular complexity index is 1220. The summed E-state index contributed by atoms with van der Waals surface area (Å²) in [5, 5.41) is 12.9. The molecule has 1 heterocycles. The highest BCUT2D eigenvalue weighted by molar-refractivity contribution is 5.94. The molecule has 1 aromatic heterocycles. The summed E-state index contributed by atoms with van der Waals surface area (Å²) in [4.78, 5) is 24.5. The van der Waals surface area contributed by atoms with Gasteiger partial charge in [0.25, 0.3) is 5.91 Å². The average Bonchev–Trinajstić information content (AvgIpc) is 3.16. The molecule has 0 bridgehead atoms. The lowest BCUT2D eigenvalue weighted by Crippen LogP contribution is -2.21. The summed E-state index contributed by atoms with van der Waals surface area (Å²) < 4.78 is 16.2. The fraction of sp³-hybridized carbons (Fsp3) is 0.0833. The molecule has 0 atom stereocenters. The topological polar surface area (TPSA) is 98.0 Å². The minimum atomic E-state index is -0.570. The van der Waals surface area contributed by atoms with Crippen molar-refractivity contribution in [2.45, 2.75) is 6.42 Å². The van der Waals surface area contributed by atoms with Crippen LogP contribution in [0.1, 0.15) is 5.56 Å². The van der Waals surface area contributed by atoms with E-state index in [0.29, 0.717) is 33.7 Å². The summed E-state index contributed by atoms with van der Waals surface area (Å²) >= 11 is 0. The zero-order valence-corrected chi connectivity index (χ0v) is 16.4. The largest absolute Gasteiger partial charge is 0.508 e. The number of phenolic OH excluding ortho intramolecular Hbond substituents is 1. The van der Waals surface area contributed by atoms with Gasteiger partial charge < -0.3 is 24.3 Å². The van der Waals surface area contributed by atoms with E-state index in [2.05, 4.69) is 5.32 Å². The number of carbonyl (C=O) groups excluding carboxylic acids is 2. The van der Waals surface area contributed by atoms with Crippen molar-refractivity contribution in [1.82, 2.24) is 0 Å². The van der Waals surface area contributed by atoms with Gasteiger partial charge in [0.2, 0.25) is 0 Å². The molecule has 156 valence electrons. The van der Waals surface area contributed by atoms with Gasteiger partial charge in [0, 0.05) is 17.0 Å². The number of phenols is 1. The fourth-order valence-corrected chi connectivity index (χ4v) is 3.02. The second-order valence-corrected chi connectivity index (χ2v) is 6.74. The molecule has 0 aliphatic rings. The van der Waals surface area contributed by atoms with Gasteiger partial charge in [-0.25, -0.2) is 0 Å². The molecule has 1 amide bonds. The number of rotatable bonds is 7. The van der Waals surface area contributed by atoms with Crippen LogP contribution in [0.2, 0.25) is 0 Å². The SMILES string of the molecule is O=C(COC(=O)Cc1coc2cc(O)ccc12)Nc1ccccc1Oc1ccccc1. The lowest BCUT2D eigenvalue weighted by Gasteiger charge is -2.12. The van der Waals surface area contributed by atoms with Gasteiger partial charge in [0.1, 0.15) is 17.1 Å². The van der Waals surface area contributed by atoms with Crippen LogP contribution in [-0.4, -0.2) is 23.6 Å². The Kier molecular flexibility index (Phi) is 5.84. The third-order valence-corrected chi connectivity index (χ3v) is 4.47. The Labute approximate surface area is 177 Å². The minimum absolute atomic E-state index is 0.0568. The molecule has 31 heavy (non-hydrogen) atoms. The summed E-state index contributed by atoms with van der Waals surface area (Å²) in [6.07, 6.45) is 1.38. The predicted octanol–water partition coefficient (Wildman–Crippen LogP) is 4.66. The lowest BCUT2D eigenvalue weighted by atomic mass is 10.1. The Hall–Kier alpha value is -4.26. The van der Waals surface area contributed by atoms with E-state index in [9.17, 15) is 14.7 Å². The van der Waals surface area contributed by atoms with Gasteiger partial charge in [-0.2, -0.15) is 0 Å². The van der Waals surface area contributed by atoms with Crippen molar-refractivity contribution in [3.8, 4) is 17.2 Å². The Balaban J connectivity index is 1.33. The number of nitrogens with one attached hydrogen (secondary N) is 1. The molecule has 0 spiro atoms. The lowest BCUT2D eigenvalue weighted by molar-refractivity contribution is -0.146. The van der Waals surface area contributed by atoms with Crippen molar-refractivity contribution in [3.63, 3.8) is 0 Å². The van der Waals surface area contributed by atoms with Gasteiger partial charge in [-0.05, 0) is 36.4 Å². The van der Waals surface area contributed by atoms with Crippen molar-refractivity contribution in [2.75, 3.05) is 11.9 Å². The van der Waals surface area contributed by atoms with Crippen molar-refractivity contribution in [1.29, 1.82) is 0 Å². The molecule has 3 aromatic carbocycles. The third kappa shape index (κ3) is 5.02. The number of furan rings is 1. The molecule has 7 nitrogen and oxygen atoms in total. The summed E-state index contributed by atoms with van der Waals surface area (Å²) in [6.45, 7) is -0.435. The highest BCUT2D eigenvalue weighted by Gasteiger charge is 2.14. The van der Waals surface area contributed by atoms with Crippen molar-refractivity contribution in [2.24, 2.45) is 0 Å². The van der Waals surface area contributed by atoms with E-state index in [1.165, 1.54) is 18.4 Å². The highest BCUT2D eigenvalue weighted by atomic mass is 16.5. The molecule has 4 aromatic rings. The van der Waals surface area contributed by atoms with Gasteiger partial charge in [-0.3, -0.25) is 9.59 Å². The second kappa shape index (κ2) is 9.04. The smallest absolute Gasteiger partial charge is 0.310 e. The minimum Gasteiger partial charge on any atom is -0.508 e. The first-order chi connectivity index (χ1) is 15.1. The summed E-state index contributed by atoms with van der Waals surface area (Å²) in [5.74, 6) is 0.126. The van der Waals surface area contributed by atoms with Crippen LogP contribution >= 0.6 is 0 Å². The van der Waals surface area contributed by atoms with E-state index in [0.717, 1.165) is 0 Å². The highest BCUT2D eigenvalue weighted by Crippen LogP contribution is 2.29. The number of esters is 1. The number of ether oxygens (including phenoxy) is 2. The van der Waals surface area contributed by atoms with E-state index in [4.69, 9.17) is 13.9 Å². The number of benzene rings is 3. The summed E-state index contributed by atoms with van der Waals surface area (Å²) in [7, 11) is 0. The molecule has 0 fully saturated rings. The van der Waals surface area contributed by atoms with Crippen LogP contribution in [0.3, 0.4) is 0 Å². The summed E-state index contributed by atoms with van der Waals surface area (Å²) in [5.41, 5.74) is 1.55. The first kappa shape index (κ1) is 20.0. The van der Waals surface area contributed by atoms with Gasteiger partial charge >= 0.3 is 5.97 Å². The molecule has 0 saturated heterocycles.